The van der Waals surface area contributed by atoms with Crippen LogP contribution in [0.2, 0.25) is 0 Å². The van der Waals surface area contributed by atoms with Gasteiger partial charge < -0.3 is 5.11 Å². The van der Waals surface area contributed by atoms with E-state index in [1.165, 1.54) is 15.9 Å². The molecule has 0 aliphatic heterocycles. The van der Waals surface area contributed by atoms with E-state index in [9.17, 15) is 9.59 Å². The second-order valence-corrected chi connectivity index (χ2v) is 8.28. The van der Waals surface area contributed by atoms with Crippen LogP contribution < -0.4 is 5.56 Å². The molecule has 0 radical (unpaired) electrons. The van der Waals surface area contributed by atoms with E-state index in [-0.39, 0.29) is 11.3 Å². The molecule has 7 heteroatoms. The van der Waals surface area contributed by atoms with Crippen LogP contribution in [0.5, 0.6) is 0 Å². The number of fused-ring (bicyclic) bond motifs is 1. The van der Waals surface area contributed by atoms with Crippen molar-refractivity contribution in [2.45, 2.75) is 12.1 Å². The van der Waals surface area contributed by atoms with Crippen LogP contribution in [0.3, 0.4) is 0 Å². The van der Waals surface area contributed by atoms with Crippen molar-refractivity contribution in [2.24, 2.45) is 0 Å². The third kappa shape index (κ3) is 3.34. The van der Waals surface area contributed by atoms with Crippen molar-refractivity contribution >= 4 is 39.3 Å². The number of benzene rings is 2. The Labute approximate surface area is 169 Å². The molecule has 0 amide bonds. The third-order valence-electron chi connectivity index (χ3n) is 4.27. The van der Waals surface area contributed by atoms with Crippen LogP contribution >= 0.6 is 23.1 Å². The first-order valence-electron chi connectivity index (χ1n) is 8.58. The summed E-state index contributed by atoms with van der Waals surface area (Å²) >= 11 is 2.50. The Hall–Kier alpha value is -2.90. The Balaban J connectivity index is 2.04. The maximum absolute atomic E-state index is 13.6. The Kier molecular flexibility index (Phi) is 5.02. The van der Waals surface area contributed by atoms with Gasteiger partial charge in [0.15, 0.2) is 5.16 Å². The summed E-state index contributed by atoms with van der Waals surface area (Å²) in [4.78, 5) is 31.0. The fraction of sp³-hybridized carbons (Fsp3) is 0.0952. The highest BCUT2D eigenvalue weighted by Crippen LogP contribution is 2.36. The molecule has 0 bridgehead atoms. The summed E-state index contributed by atoms with van der Waals surface area (Å²) in [5.41, 5.74) is 2.33. The van der Waals surface area contributed by atoms with Gasteiger partial charge in [-0.3, -0.25) is 14.2 Å². The van der Waals surface area contributed by atoms with Crippen LogP contribution in [0.25, 0.3) is 27.0 Å². The first-order valence-corrected chi connectivity index (χ1v) is 10.4. The second kappa shape index (κ2) is 7.61. The molecule has 0 saturated heterocycles. The van der Waals surface area contributed by atoms with E-state index in [2.05, 4.69) is 4.98 Å². The minimum Gasteiger partial charge on any atom is -0.481 e. The first kappa shape index (κ1) is 18.5. The highest BCUT2D eigenvalue weighted by atomic mass is 32.2. The molecule has 0 aliphatic rings. The minimum absolute atomic E-state index is 0.166. The normalized spacial score (nSPS) is 11.0. The van der Waals surface area contributed by atoms with Crippen LogP contribution in [-0.2, 0) is 4.79 Å². The van der Waals surface area contributed by atoms with E-state index in [1.54, 1.807) is 0 Å². The monoisotopic (exact) mass is 408 g/mol. The van der Waals surface area contributed by atoms with Crippen LogP contribution in [0.15, 0.2) is 70.6 Å². The standard InChI is InChI=1S/C21H16N2O3S2/c1-13-17(14-8-4-2-5-9-14)18-19(28-13)22-21(27-12-16(24)25)23(20(18)26)15-10-6-3-7-11-15/h2-11H,12H2,1H3,(H,24,25). The minimum atomic E-state index is -0.953. The molecule has 1 N–H and O–H groups in total. The van der Waals surface area contributed by atoms with Crippen molar-refractivity contribution in [3.05, 3.63) is 75.9 Å². The molecule has 4 aromatic rings. The van der Waals surface area contributed by atoms with Gasteiger partial charge in [0, 0.05) is 10.4 Å². The van der Waals surface area contributed by atoms with Crippen molar-refractivity contribution in [1.29, 1.82) is 0 Å². The fourth-order valence-corrected chi connectivity index (χ4v) is 4.94. The van der Waals surface area contributed by atoms with Crippen LogP contribution in [0, 0.1) is 6.92 Å². The molecule has 28 heavy (non-hydrogen) atoms. The molecule has 2 heterocycles. The molecule has 0 fully saturated rings. The maximum atomic E-state index is 13.6. The molecular weight excluding hydrogens is 392 g/mol. The molecule has 5 nitrogen and oxygen atoms in total. The molecule has 0 aliphatic carbocycles. The molecule has 0 atom stereocenters. The number of thioether (sulfide) groups is 1. The van der Waals surface area contributed by atoms with Crippen molar-refractivity contribution in [3.8, 4) is 16.8 Å². The highest BCUT2D eigenvalue weighted by Gasteiger charge is 2.21. The van der Waals surface area contributed by atoms with Gasteiger partial charge in [0.25, 0.3) is 5.56 Å². The summed E-state index contributed by atoms with van der Waals surface area (Å²) < 4.78 is 1.51. The molecule has 0 unspecified atom stereocenters. The highest BCUT2D eigenvalue weighted by molar-refractivity contribution is 7.99. The van der Waals surface area contributed by atoms with Gasteiger partial charge in [0.05, 0.1) is 16.8 Å². The van der Waals surface area contributed by atoms with Gasteiger partial charge in [-0.15, -0.1) is 11.3 Å². The quantitative estimate of drug-likeness (QED) is 0.386. The Morgan fingerprint density at radius 2 is 1.75 bits per heavy atom. The molecule has 2 aromatic heterocycles. The molecule has 140 valence electrons. The number of hydrogen-bond donors (Lipinski definition) is 1. The van der Waals surface area contributed by atoms with Crippen molar-refractivity contribution in [3.63, 3.8) is 0 Å². The lowest BCUT2D eigenvalue weighted by Gasteiger charge is -2.12. The topological polar surface area (TPSA) is 72.2 Å². The number of aromatic nitrogens is 2. The summed E-state index contributed by atoms with van der Waals surface area (Å²) in [5, 5.41) is 10.0. The van der Waals surface area contributed by atoms with E-state index < -0.39 is 5.97 Å². The van der Waals surface area contributed by atoms with Crippen molar-refractivity contribution < 1.29 is 9.90 Å². The lowest BCUT2D eigenvalue weighted by Crippen LogP contribution is -2.22. The number of aliphatic carboxylic acids is 1. The predicted octanol–water partition coefficient (Wildman–Crippen LogP) is 4.60. The van der Waals surface area contributed by atoms with E-state index in [0.29, 0.717) is 21.1 Å². The van der Waals surface area contributed by atoms with Gasteiger partial charge in [0.1, 0.15) is 4.83 Å². The number of thiophene rings is 1. The molecular formula is C21H16N2O3S2. The maximum Gasteiger partial charge on any atom is 0.313 e. The lowest BCUT2D eigenvalue weighted by molar-refractivity contribution is -0.133. The smallest absolute Gasteiger partial charge is 0.313 e. The number of rotatable bonds is 5. The van der Waals surface area contributed by atoms with E-state index in [4.69, 9.17) is 5.11 Å². The van der Waals surface area contributed by atoms with Gasteiger partial charge in [-0.1, -0.05) is 60.3 Å². The molecule has 0 spiro atoms. The van der Waals surface area contributed by atoms with E-state index in [1.807, 2.05) is 67.6 Å². The van der Waals surface area contributed by atoms with Gasteiger partial charge in [0.2, 0.25) is 0 Å². The zero-order valence-corrected chi connectivity index (χ0v) is 16.6. The van der Waals surface area contributed by atoms with Crippen molar-refractivity contribution in [2.75, 3.05) is 5.75 Å². The number of nitrogens with zero attached hydrogens (tertiary/aromatic N) is 2. The predicted molar refractivity (Wildman–Crippen MR) is 114 cm³/mol. The number of para-hydroxylation sites is 1. The summed E-state index contributed by atoms with van der Waals surface area (Å²) in [6.07, 6.45) is 0. The molecule has 0 saturated carbocycles. The summed E-state index contributed by atoms with van der Waals surface area (Å²) in [5.74, 6) is -1.12. The Morgan fingerprint density at radius 3 is 2.39 bits per heavy atom. The lowest BCUT2D eigenvalue weighted by atomic mass is 10.0. The average Bonchev–Trinajstić information content (AvgIpc) is 3.04. The second-order valence-electron chi connectivity index (χ2n) is 6.13. The van der Waals surface area contributed by atoms with Crippen LogP contribution in [0.1, 0.15) is 4.88 Å². The van der Waals surface area contributed by atoms with Gasteiger partial charge in [-0.2, -0.15) is 0 Å². The Bertz CT molecular complexity index is 1220. The Morgan fingerprint density at radius 1 is 1.11 bits per heavy atom. The van der Waals surface area contributed by atoms with Gasteiger partial charge >= 0.3 is 5.97 Å². The van der Waals surface area contributed by atoms with E-state index in [0.717, 1.165) is 27.8 Å². The van der Waals surface area contributed by atoms with Crippen LogP contribution in [-0.4, -0.2) is 26.4 Å². The largest absolute Gasteiger partial charge is 0.481 e. The fourth-order valence-electron chi connectivity index (χ4n) is 3.12. The number of carbonyl (C=O) groups is 1. The zero-order valence-electron chi connectivity index (χ0n) is 15.0. The first-order chi connectivity index (χ1) is 13.6. The van der Waals surface area contributed by atoms with Gasteiger partial charge in [-0.05, 0) is 24.6 Å². The number of carboxylic acid groups (broad SMARTS) is 1. The number of carboxylic acids is 1. The average molecular weight is 409 g/mol. The summed E-state index contributed by atoms with van der Waals surface area (Å²) in [6, 6.07) is 19.0. The van der Waals surface area contributed by atoms with Gasteiger partial charge in [-0.25, -0.2) is 4.98 Å². The molecule has 2 aromatic carbocycles. The molecule has 4 rings (SSSR count). The van der Waals surface area contributed by atoms with Crippen molar-refractivity contribution in [1.82, 2.24) is 9.55 Å². The summed E-state index contributed by atoms with van der Waals surface area (Å²) in [6.45, 7) is 1.98. The number of aryl methyl sites for hydroxylation is 1. The third-order valence-corrected chi connectivity index (χ3v) is 6.20. The number of hydrogen-bond acceptors (Lipinski definition) is 5. The zero-order chi connectivity index (χ0) is 19.7. The van der Waals surface area contributed by atoms with Crippen LogP contribution in [0.4, 0.5) is 0 Å². The summed E-state index contributed by atoms with van der Waals surface area (Å²) in [7, 11) is 0. The SMILES string of the molecule is Cc1sc2nc(SCC(=O)O)n(-c3ccccc3)c(=O)c2c1-c1ccccc1. The van der Waals surface area contributed by atoms with E-state index >= 15 is 0 Å².